The van der Waals surface area contributed by atoms with E-state index in [2.05, 4.69) is 14.6 Å². The van der Waals surface area contributed by atoms with Crippen molar-refractivity contribution in [3.8, 4) is 11.3 Å². The van der Waals surface area contributed by atoms with Gasteiger partial charge in [0.05, 0.1) is 27.7 Å². The molecule has 2 fully saturated rings. The number of likely N-dealkylation sites (tertiary alicyclic amines) is 2. The Bertz CT molecular complexity index is 1560. The first-order valence-electron chi connectivity index (χ1n) is 13.0. The van der Waals surface area contributed by atoms with Crippen LogP contribution in [0.1, 0.15) is 24.1 Å². The third kappa shape index (κ3) is 5.38. The minimum atomic E-state index is -4.53. The van der Waals surface area contributed by atoms with Gasteiger partial charge in [-0.15, -0.1) is 0 Å². The lowest BCUT2D eigenvalue weighted by atomic mass is 10.0. The predicted octanol–water partition coefficient (Wildman–Crippen LogP) is 7.46. The molecule has 2 bridgehead atoms. The normalized spacial score (nSPS) is 19.7. The van der Waals surface area contributed by atoms with E-state index in [1.54, 1.807) is 4.90 Å². The highest BCUT2D eigenvalue weighted by Crippen LogP contribution is 2.36. The maximum atomic E-state index is 13.3. The molecule has 2 atom stereocenters. The Hall–Kier alpha value is -3.27. The Kier molecular flexibility index (Phi) is 7.14. The molecule has 2 aromatic heterocycles. The molecule has 1 N–H and O–H groups in total. The summed E-state index contributed by atoms with van der Waals surface area (Å²) in [4.78, 5) is 22.2. The number of anilines is 1. The number of alkyl halides is 3. The molecule has 0 spiro atoms. The number of pyridine rings is 1. The van der Waals surface area contributed by atoms with Crippen molar-refractivity contribution in [3.05, 3.63) is 88.2 Å². The molecule has 0 radical (unpaired) electrons. The number of halogens is 5. The smallest absolute Gasteiger partial charge is 0.320 e. The van der Waals surface area contributed by atoms with Crippen LogP contribution in [0.4, 0.5) is 23.7 Å². The van der Waals surface area contributed by atoms with Crippen molar-refractivity contribution >= 4 is 40.6 Å². The molecule has 2 amide bonds. The van der Waals surface area contributed by atoms with Gasteiger partial charge in [-0.3, -0.25) is 4.90 Å². The monoisotopic (exact) mass is 587 g/mol. The SMILES string of the molecule is O=C(Nc1cc(C(F)(F)F)ccc1Cl)N1CC2CCN(Cc3c(-c4ccc(Cl)cc4)nc4ccccn34)CC1C2. The highest BCUT2D eigenvalue weighted by atomic mass is 35.5. The summed E-state index contributed by atoms with van der Waals surface area (Å²) in [5, 5.41) is 3.34. The van der Waals surface area contributed by atoms with E-state index in [-0.39, 0.29) is 16.8 Å². The van der Waals surface area contributed by atoms with Crippen molar-refractivity contribution in [2.24, 2.45) is 5.92 Å². The van der Waals surface area contributed by atoms with Crippen molar-refractivity contribution in [2.45, 2.75) is 31.6 Å². The van der Waals surface area contributed by atoms with E-state index in [1.807, 2.05) is 48.7 Å². The molecule has 0 aliphatic carbocycles. The first kappa shape index (κ1) is 26.9. The van der Waals surface area contributed by atoms with E-state index >= 15 is 0 Å². The number of carbonyl (C=O) groups excluding carboxylic acids is 1. The fraction of sp³-hybridized carbons (Fsp3) is 0.310. The number of benzene rings is 2. The van der Waals surface area contributed by atoms with Crippen LogP contribution in [0.25, 0.3) is 16.9 Å². The summed E-state index contributed by atoms with van der Waals surface area (Å²) >= 11 is 12.3. The molecule has 2 aliphatic rings. The fourth-order valence-electron chi connectivity index (χ4n) is 5.78. The van der Waals surface area contributed by atoms with Gasteiger partial charge in [0.1, 0.15) is 5.65 Å². The van der Waals surface area contributed by atoms with Crippen molar-refractivity contribution < 1.29 is 18.0 Å². The molecule has 208 valence electrons. The Morgan fingerprint density at radius 1 is 1.05 bits per heavy atom. The van der Waals surface area contributed by atoms with Crippen LogP contribution < -0.4 is 5.32 Å². The lowest BCUT2D eigenvalue weighted by Gasteiger charge is -2.32. The van der Waals surface area contributed by atoms with Crippen molar-refractivity contribution in [1.82, 2.24) is 19.2 Å². The Balaban J connectivity index is 1.23. The third-order valence-corrected chi connectivity index (χ3v) is 8.32. The molecule has 6 nitrogen and oxygen atoms in total. The number of imidazole rings is 1. The van der Waals surface area contributed by atoms with E-state index in [0.717, 1.165) is 60.2 Å². The molecule has 0 saturated carbocycles. The van der Waals surface area contributed by atoms with Gasteiger partial charge in [0.15, 0.2) is 0 Å². The first-order valence-corrected chi connectivity index (χ1v) is 13.8. The molecule has 4 heterocycles. The molecule has 2 unspecified atom stereocenters. The summed E-state index contributed by atoms with van der Waals surface area (Å²) in [6.45, 7) is 2.70. The second kappa shape index (κ2) is 10.6. The van der Waals surface area contributed by atoms with Gasteiger partial charge in [0.25, 0.3) is 0 Å². The summed E-state index contributed by atoms with van der Waals surface area (Å²) in [5.74, 6) is 0.315. The predicted molar refractivity (Wildman–Crippen MR) is 150 cm³/mol. The standard InChI is InChI=1S/C29H26Cl2F3N5O/c30-21-7-4-19(5-8-21)27-25(38-11-2-1-3-26(38)36-27)17-37-12-10-18-13-22(16-37)39(15-18)28(40)35-24-14-20(29(32,33)34)6-9-23(24)31/h1-9,11,14,18,22H,10,12-13,15-17H2,(H,35,40). The van der Waals surface area contributed by atoms with Crippen LogP contribution in [0.3, 0.4) is 0 Å². The molecule has 2 aliphatic heterocycles. The quantitative estimate of drug-likeness (QED) is 0.270. The van der Waals surface area contributed by atoms with E-state index in [9.17, 15) is 18.0 Å². The largest absolute Gasteiger partial charge is 0.416 e. The molecule has 11 heteroatoms. The van der Waals surface area contributed by atoms with E-state index in [1.165, 1.54) is 0 Å². The highest BCUT2D eigenvalue weighted by molar-refractivity contribution is 6.33. The van der Waals surface area contributed by atoms with E-state index in [4.69, 9.17) is 28.2 Å². The van der Waals surface area contributed by atoms with Crippen molar-refractivity contribution in [2.75, 3.05) is 25.0 Å². The lowest BCUT2D eigenvalue weighted by molar-refractivity contribution is -0.137. The Labute approximate surface area is 239 Å². The first-order chi connectivity index (χ1) is 19.2. The molecule has 2 saturated heterocycles. The summed E-state index contributed by atoms with van der Waals surface area (Å²) in [7, 11) is 0. The lowest BCUT2D eigenvalue weighted by Crippen LogP contribution is -2.46. The number of hydrogen-bond acceptors (Lipinski definition) is 3. The van der Waals surface area contributed by atoms with E-state index in [0.29, 0.717) is 30.6 Å². The number of nitrogens with one attached hydrogen (secondary N) is 1. The number of nitrogens with zero attached hydrogens (tertiary/aromatic N) is 4. The van der Waals surface area contributed by atoms with Gasteiger partial charge in [0, 0.05) is 42.5 Å². The number of urea groups is 1. The molecule has 2 aromatic carbocycles. The van der Waals surface area contributed by atoms with Gasteiger partial charge in [-0.05, 0) is 67.8 Å². The van der Waals surface area contributed by atoms with Crippen LogP contribution in [0, 0.1) is 5.92 Å². The molecule has 6 rings (SSSR count). The summed E-state index contributed by atoms with van der Waals surface area (Å²) < 4.78 is 41.8. The minimum absolute atomic E-state index is 0.0454. The van der Waals surface area contributed by atoms with Gasteiger partial charge < -0.3 is 14.6 Å². The summed E-state index contributed by atoms with van der Waals surface area (Å²) in [6.07, 6.45) is -0.774. The molecular weight excluding hydrogens is 562 g/mol. The average Bonchev–Trinajstić information content (AvgIpc) is 3.42. The Morgan fingerprint density at radius 2 is 1.85 bits per heavy atom. The van der Waals surface area contributed by atoms with Crippen molar-refractivity contribution in [3.63, 3.8) is 0 Å². The second-order valence-corrected chi connectivity index (χ2v) is 11.2. The zero-order chi connectivity index (χ0) is 28.0. The fourth-order valence-corrected chi connectivity index (χ4v) is 6.07. The number of carbonyl (C=O) groups is 1. The van der Waals surface area contributed by atoms with Crippen LogP contribution in [0.15, 0.2) is 66.9 Å². The van der Waals surface area contributed by atoms with E-state index < -0.39 is 17.8 Å². The third-order valence-electron chi connectivity index (χ3n) is 7.74. The van der Waals surface area contributed by atoms with Crippen LogP contribution >= 0.6 is 23.2 Å². The second-order valence-electron chi connectivity index (χ2n) is 10.4. The minimum Gasteiger partial charge on any atom is -0.320 e. The summed E-state index contributed by atoms with van der Waals surface area (Å²) in [5.41, 5.74) is 2.83. The van der Waals surface area contributed by atoms with Crippen LogP contribution in [-0.4, -0.2) is 50.9 Å². The number of rotatable bonds is 4. The maximum absolute atomic E-state index is 13.3. The number of hydrogen-bond donors (Lipinski definition) is 1. The molecule has 40 heavy (non-hydrogen) atoms. The molecular formula is C29H26Cl2F3N5O. The number of amides is 2. The van der Waals surface area contributed by atoms with Gasteiger partial charge >= 0.3 is 12.2 Å². The van der Waals surface area contributed by atoms with Crippen LogP contribution in [0.5, 0.6) is 0 Å². The number of aromatic nitrogens is 2. The van der Waals surface area contributed by atoms with Gasteiger partial charge in [-0.1, -0.05) is 41.4 Å². The van der Waals surface area contributed by atoms with Crippen LogP contribution in [-0.2, 0) is 12.7 Å². The van der Waals surface area contributed by atoms with Crippen molar-refractivity contribution in [1.29, 1.82) is 0 Å². The summed E-state index contributed by atoms with van der Waals surface area (Å²) in [6, 6.07) is 15.9. The number of fused-ring (bicyclic) bond motifs is 3. The zero-order valence-corrected chi connectivity index (χ0v) is 22.8. The maximum Gasteiger partial charge on any atom is 0.416 e. The topological polar surface area (TPSA) is 52.9 Å². The highest BCUT2D eigenvalue weighted by Gasteiger charge is 2.39. The molecule has 4 aromatic rings. The van der Waals surface area contributed by atoms with Gasteiger partial charge in [0.2, 0.25) is 0 Å². The van der Waals surface area contributed by atoms with Gasteiger partial charge in [-0.25, -0.2) is 9.78 Å². The van der Waals surface area contributed by atoms with Gasteiger partial charge in [-0.2, -0.15) is 13.2 Å². The average molecular weight is 588 g/mol. The Morgan fingerprint density at radius 3 is 2.62 bits per heavy atom. The zero-order valence-electron chi connectivity index (χ0n) is 21.3. The van der Waals surface area contributed by atoms with Crippen LogP contribution in [0.2, 0.25) is 10.0 Å².